The van der Waals surface area contributed by atoms with Crippen molar-refractivity contribution in [1.29, 1.82) is 0 Å². The number of benzene rings is 2. The van der Waals surface area contributed by atoms with Gasteiger partial charge in [-0.25, -0.2) is 9.36 Å². The molecule has 0 saturated carbocycles. The molecule has 0 radical (unpaired) electrons. The van der Waals surface area contributed by atoms with Crippen LogP contribution < -0.4 is 16.6 Å². The normalized spacial score (nSPS) is 12.2. The second kappa shape index (κ2) is 8.39. The summed E-state index contributed by atoms with van der Waals surface area (Å²) in [6, 6.07) is 14.8. The molecule has 1 atom stereocenters. The lowest BCUT2D eigenvalue weighted by atomic mass is 10.0. The number of para-hydroxylation sites is 1. The van der Waals surface area contributed by atoms with Gasteiger partial charge in [-0.15, -0.1) is 5.10 Å². The molecule has 0 unspecified atom stereocenters. The lowest BCUT2D eigenvalue weighted by Crippen LogP contribution is -2.43. The molecule has 2 aromatic heterocycles. The van der Waals surface area contributed by atoms with Gasteiger partial charge < -0.3 is 4.98 Å². The zero-order valence-corrected chi connectivity index (χ0v) is 17.1. The Kier molecular flexibility index (Phi) is 5.48. The quantitative estimate of drug-likeness (QED) is 0.443. The van der Waals surface area contributed by atoms with Crippen molar-refractivity contribution in [2.24, 2.45) is 0 Å². The summed E-state index contributed by atoms with van der Waals surface area (Å²) in [5, 5.41) is 9.75. The number of rotatable bonds is 6. The highest BCUT2D eigenvalue weighted by atomic mass is 16.2. The van der Waals surface area contributed by atoms with Crippen LogP contribution in [-0.4, -0.2) is 30.6 Å². The number of nitrogens with one attached hydrogen (secondary N) is 3. The van der Waals surface area contributed by atoms with E-state index in [4.69, 9.17) is 0 Å². The van der Waals surface area contributed by atoms with Crippen LogP contribution in [0.1, 0.15) is 37.2 Å². The van der Waals surface area contributed by atoms with Crippen LogP contribution in [0.2, 0.25) is 0 Å². The molecule has 2 aromatic carbocycles. The van der Waals surface area contributed by atoms with Crippen molar-refractivity contribution in [2.75, 3.05) is 5.32 Å². The van der Waals surface area contributed by atoms with E-state index in [-0.39, 0.29) is 18.3 Å². The minimum atomic E-state index is -1.09. The van der Waals surface area contributed by atoms with E-state index in [2.05, 4.69) is 25.5 Å². The van der Waals surface area contributed by atoms with Crippen molar-refractivity contribution in [3.05, 3.63) is 86.8 Å². The van der Waals surface area contributed by atoms with Gasteiger partial charge in [0.1, 0.15) is 11.9 Å². The van der Waals surface area contributed by atoms with Crippen molar-refractivity contribution in [2.45, 2.75) is 32.2 Å². The van der Waals surface area contributed by atoms with Crippen LogP contribution >= 0.6 is 0 Å². The molecule has 4 aromatic rings. The second-order valence-corrected chi connectivity index (χ2v) is 7.54. The third-order valence-electron chi connectivity index (χ3n) is 5.01. The minimum absolute atomic E-state index is 0.0945. The second-order valence-electron chi connectivity index (χ2n) is 7.54. The Labute approximate surface area is 177 Å². The molecule has 0 aliphatic heterocycles. The van der Waals surface area contributed by atoms with Crippen molar-refractivity contribution in [3.63, 3.8) is 0 Å². The average Bonchev–Trinajstić information content (AvgIpc) is 3.22. The van der Waals surface area contributed by atoms with E-state index in [9.17, 15) is 14.4 Å². The smallest absolute Gasteiger partial charge is 0.307 e. The summed E-state index contributed by atoms with van der Waals surface area (Å²) >= 11 is 0. The van der Waals surface area contributed by atoms with E-state index in [1.165, 1.54) is 0 Å². The number of carbonyl (C=O) groups excluding carboxylic acids is 1. The number of hydrogen-bond donors (Lipinski definition) is 3. The third kappa shape index (κ3) is 4.16. The predicted molar refractivity (Wildman–Crippen MR) is 117 cm³/mol. The minimum Gasteiger partial charge on any atom is -0.307 e. The Hall–Kier alpha value is -4.01. The summed E-state index contributed by atoms with van der Waals surface area (Å²) < 4.78 is 0.959. The van der Waals surface area contributed by atoms with Crippen molar-refractivity contribution in [1.82, 2.24) is 24.7 Å². The number of aromatic amines is 2. The Balaban J connectivity index is 1.77. The van der Waals surface area contributed by atoms with Crippen LogP contribution in [0.4, 0.5) is 5.95 Å². The molecule has 158 valence electrons. The molecular formula is C22H22N6O3. The number of aromatic nitrogens is 5. The predicted octanol–water partition coefficient (Wildman–Crippen LogP) is 2.35. The van der Waals surface area contributed by atoms with E-state index in [1.54, 1.807) is 24.3 Å². The summed E-state index contributed by atoms with van der Waals surface area (Å²) in [7, 11) is 0. The van der Waals surface area contributed by atoms with Gasteiger partial charge in [-0.05, 0) is 17.7 Å². The molecule has 0 saturated heterocycles. The van der Waals surface area contributed by atoms with Gasteiger partial charge >= 0.3 is 5.69 Å². The molecule has 0 spiro atoms. The maximum Gasteiger partial charge on any atom is 0.329 e. The number of nitrogens with zero attached hydrogens (tertiary/aromatic N) is 3. The van der Waals surface area contributed by atoms with Gasteiger partial charge in [0.25, 0.3) is 11.5 Å². The summed E-state index contributed by atoms with van der Waals surface area (Å²) in [5.74, 6) is 0.262. The SMILES string of the molecule is CC(C)c1nc(NC(=O)[C@H](Cc2ccccc2)n2c(=O)[nH]c3ccccc3c2=O)n[nH]1. The van der Waals surface area contributed by atoms with Crippen LogP contribution in [0.3, 0.4) is 0 Å². The van der Waals surface area contributed by atoms with Gasteiger partial charge in [0.15, 0.2) is 0 Å². The zero-order valence-electron chi connectivity index (χ0n) is 17.1. The Morgan fingerprint density at radius 2 is 1.77 bits per heavy atom. The summed E-state index contributed by atoms with van der Waals surface area (Å²) in [6.07, 6.45) is 0.148. The van der Waals surface area contributed by atoms with E-state index >= 15 is 0 Å². The summed E-state index contributed by atoms with van der Waals surface area (Å²) in [4.78, 5) is 46.2. The molecule has 0 aliphatic carbocycles. The Morgan fingerprint density at radius 3 is 2.48 bits per heavy atom. The third-order valence-corrected chi connectivity index (χ3v) is 5.01. The van der Waals surface area contributed by atoms with E-state index in [0.29, 0.717) is 16.7 Å². The van der Waals surface area contributed by atoms with Crippen LogP contribution in [-0.2, 0) is 11.2 Å². The summed E-state index contributed by atoms with van der Waals surface area (Å²) in [6.45, 7) is 3.89. The number of hydrogen-bond acceptors (Lipinski definition) is 5. The fourth-order valence-corrected chi connectivity index (χ4v) is 3.38. The molecule has 2 heterocycles. The monoisotopic (exact) mass is 418 g/mol. The van der Waals surface area contributed by atoms with Gasteiger partial charge in [-0.2, -0.15) is 4.98 Å². The highest BCUT2D eigenvalue weighted by Gasteiger charge is 2.26. The van der Waals surface area contributed by atoms with Crippen LogP contribution in [0.5, 0.6) is 0 Å². The summed E-state index contributed by atoms with van der Waals surface area (Å²) in [5.41, 5.74) is 0.0362. The lowest BCUT2D eigenvalue weighted by molar-refractivity contribution is -0.119. The average molecular weight is 418 g/mol. The Morgan fingerprint density at radius 1 is 1.06 bits per heavy atom. The molecular weight excluding hydrogens is 396 g/mol. The first-order valence-corrected chi connectivity index (χ1v) is 9.94. The van der Waals surface area contributed by atoms with Crippen molar-refractivity contribution >= 4 is 22.8 Å². The maximum atomic E-state index is 13.2. The van der Waals surface area contributed by atoms with E-state index < -0.39 is 23.2 Å². The molecule has 31 heavy (non-hydrogen) atoms. The number of H-pyrrole nitrogens is 2. The van der Waals surface area contributed by atoms with Crippen LogP contribution in [0.15, 0.2) is 64.2 Å². The van der Waals surface area contributed by atoms with Crippen molar-refractivity contribution in [3.8, 4) is 0 Å². The van der Waals surface area contributed by atoms with Gasteiger partial charge in [-0.3, -0.25) is 20.0 Å². The highest BCUT2D eigenvalue weighted by Crippen LogP contribution is 2.16. The molecule has 9 heteroatoms. The maximum absolute atomic E-state index is 13.2. The standard InChI is InChI=1S/C22H22N6O3/c1-13(2)18-24-21(27-26-18)25-19(29)17(12-14-8-4-3-5-9-14)28-20(30)15-10-6-7-11-16(15)23-22(28)31/h3-11,13,17H,12H2,1-2H3,(H,23,31)(H2,24,25,26,27,29)/t17-/m0/s1. The van der Waals surface area contributed by atoms with Gasteiger partial charge in [0.05, 0.1) is 10.9 Å². The number of anilines is 1. The lowest BCUT2D eigenvalue weighted by Gasteiger charge is -2.18. The zero-order chi connectivity index (χ0) is 22.0. The van der Waals surface area contributed by atoms with E-state index in [0.717, 1.165) is 10.1 Å². The Bertz CT molecular complexity index is 1340. The first-order chi connectivity index (χ1) is 14.9. The molecule has 1 amide bonds. The largest absolute Gasteiger partial charge is 0.329 e. The highest BCUT2D eigenvalue weighted by molar-refractivity contribution is 5.92. The molecule has 3 N–H and O–H groups in total. The number of fused-ring (bicyclic) bond motifs is 1. The molecule has 9 nitrogen and oxygen atoms in total. The number of carbonyl (C=O) groups is 1. The van der Waals surface area contributed by atoms with Gasteiger partial charge in [-0.1, -0.05) is 56.3 Å². The molecule has 0 bridgehead atoms. The fraction of sp³-hybridized carbons (Fsp3) is 0.227. The molecule has 0 aliphatic rings. The molecule has 0 fully saturated rings. The topological polar surface area (TPSA) is 126 Å². The van der Waals surface area contributed by atoms with E-state index in [1.807, 2.05) is 44.2 Å². The molecule has 4 rings (SSSR count). The van der Waals surface area contributed by atoms with Gasteiger partial charge in [0, 0.05) is 12.3 Å². The fourth-order valence-electron chi connectivity index (χ4n) is 3.38. The first-order valence-electron chi connectivity index (χ1n) is 9.94. The van der Waals surface area contributed by atoms with Crippen LogP contribution in [0, 0.1) is 0 Å². The van der Waals surface area contributed by atoms with Gasteiger partial charge in [0.2, 0.25) is 5.95 Å². The van der Waals surface area contributed by atoms with Crippen LogP contribution in [0.25, 0.3) is 10.9 Å². The first kappa shape index (κ1) is 20.3. The van der Waals surface area contributed by atoms with Crippen molar-refractivity contribution < 1.29 is 4.79 Å². The number of amides is 1.